The molecular formula is C16H19ClN6OS. The zero-order chi connectivity index (χ0) is 16.1. The number of aromatic nitrogens is 4. The zero-order valence-corrected chi connectivity index (χ0v) is 15.2. The van der Waals surface area contributed by atoms with Gasteiger partial charge in [0.15, 0.2) is 5.65 Å². The molecule has 2 aliphatic rings. The summed E-state index contributed by atoms with van der Waals surface area (Å²) in [5, 5.41) is 3.43. The summed E-state index contributed by atoms with van der Waals surface area (Å²) in [6.45, 7) is 2.78. The monoisotopic (exact) mass is 378 g/mol. The number of hydrogen-bond donors (Lipinski definition) is 3. The highest BCUT2D eigenvalue weighted by atomic mass is 35.5. The van der Waals surface area contributed by atoms with Crippen molar-refractivity contribution in [1.29, 1.82) is 0 Å². The Hall–Kier alpha value is -1.74. The van der Waals surface area contributed by atoms with E-state index in [9.17, 15) is 0 Å². The van der Waals surface area contributed by atoms with Crippen molar-refractivity contribution < 1.29 is 4.74 Å². The van der Waals surface area contributed by atoms with E-state index in [2.05, 4.69) is 31.3 Å². The molecular weight excluding hydrogens is 360 g/mol. The van der Waals surface area contributed by atoms with E-state index in [0.29, 0.717) is 5.65 Å². The minimum Gasteiger partial charge on any atom is -0.369 e. The summed E-state index contributed by atoms with van der Waals surface area (Å²) in [5.74, 6) is 0.254. The molecule has 0 amide bonds. The number of hydrogen-bond acceptors (Lipinski definition) is 7. The van der Waals surface area contributed by atoms with Crippen LogP contribution in [0.5, 0.6) is 0 Å². The maximum absolute atomic E-state index is 6.27. The Balaban J connectivity index is 0.00000157. The lowest BCUT2D eigenvalue weighted by Crippen LogP contribution is -2.43. The number of nitrogens with two attached hydrogens (primary N) is 1. The summed E-state index contributed by atoms with van der Waals surface area (Å²) >= 11 is 1.77. The molecule has 132 valence electrons. The number of fused-ring (bicyclic) bond motifs is 3. The number of nitrogens with zero attached hydrogens (tertiary/aromatic N) is 3. The fraction of sp³-hybridized carbons (Fsp3) is 0.438. The van der Waals surface area contributed by atoms with Gasteiger partial charge >= 0.3 is 0 Å². The van der Waals surface area contributed by atoms with E-state index in [1.807, 2.05) is 0 Å². The van der Waals surface area contributed by atoms with Gasteiger partial charge in [0.25, 0.3) is 0 Å². The third kappa shape index (κ3) is 2.60. The Morgan fingerprint density at radius 2 is 2.08 bits per heavy atom. The fourth-order valence-corrected chi connectivity index (χ4v) is 5.18. The molecule has 5 rings (SSSR count). The first kappa shape index (κ1) is 16.7. The number of thiophene rings is 1. The first-order valence-electron chi connectivity index (χ1n) is 8.20. The van der Waals surface area contributed by atoms with Crippen LogP contribution in [-0.4, -0.2) is 39.6 Å². The van der Waals surface area contributed by atoms with Crippen LogP contribution in [0.25, 0.3) is 21.7 Å². The number of H-pyrrole nitrogens is 1. The number of aromatic amines is 1. The molecule has 1 saturated heterocycles. The summed E-state index contributed by atoms with van der Waals surface area (Å²) in [7, 11) is 0. The Bertz CT molecular complexity index is 917. The van der Waals surface area contributed by atoms with Crippen LogP contribution in [0.3, 0.4) is 0 Å². The van der Waals surface area contributed by atoms with Gasteiger partial charge in [0.2, 0.25) is 5.95 Å². The molecule has 0 unspecified atom stereocenters. The largest absolute Gasteiger partial charge is 0.369 e. The highest BCUT2D eigenvalue weighted by Gasteiger charge is 2.41. The minimum atomic E-state index is -0.132. The quantitative estimate of drug-likeness (QED) is 0.600. The maximum atomic E-state index is 6.27. The molecule has 0 aromatic carbocycles. The lowest BCUT2D eigenvalue weighted by atomic mass is 9.86. The molecule has 25 heavy (non-hydrogen) atoms. The molecule has 0 radical (unpaired) electrons. The predicted molar refractivity (Wildman–Crippen MR) is 100 cm³/mol. The van der Waals surface area contributed by atoms with Crippen molar-refractivity contribution in [2.24, 2.45) is 0 Å². The lowest BCUT2D eigenvalue weighted by Gasteiger charge is -2.40. The first-order valence-corrected chi connectivity index (χ1v) is 9.02. The standard InChI is InChI=1S/C16H18N6OS.ClH/c17-15-21-11(12-14(22-15)20-8-19-12)10-7-9-1-6-23-16(13(9)24-10)2-4-18-5-3-16;/h7-8,18H,1-6H2,(H3,17,19,20,21,22);1H. The van der Waals surface area contributed by atoms with Crippen LogP contribution in [0.1, 0.15) is 23.3 Å². The molecule has 3 aromatic heterocycles. The van der Waals surface area contributed by atoms with Crippen molar-refractivity contribution in [3.05, 3.63) is 22.8 Å². The van der Waals surface area contributed by atoms with Crippen LogP contribution in [0.2, 0.25) is 0 Å². The van der Waals surface area contributed by atoms with Gasteiger partial charge in [-0.15, -0.1) is 23.7 Å². The van der Waals surface area contributed by atoms with Crippen molar-refractivity contribution in [2.45, 2.75) is 24.9 Å². The highest BCUT2D eigenvalue weighted by Crippen LogP contribution is 2.46. The van der Waals surface area contributed by atoms with Crippen LogP contribution in [0, 0.1) is 0 Å². The predicted octanol–water partition coefficient (Wildman–Crippen LogP) is 2.24. The average molecular weight is 379 g/mol. The third-order valence-electron chi connectivity index (χ3n) is 4.92. The van der Waals surface area contributed by atoms with Crippen LogP contribution >= 0.6 is 23.7 Å². The van der Waals surface area contributed by atoms with Gasteiger partial charge in [-0.1, -0.05) is 0 Å². The summed E-state index contributed by atoms with van der Waals surface area (Å²) in [4.78, 5) is 18.5. The van der Waals surface area contributed by atoms with Crippen LogP contribution in [-0.2, 0) is 16.8 Å². The second-order valence-corrected chi connectivity index (χ2v) is 7.39. The minimum absolute atomic E-state index is 0. The van der Waals surface area contributed by atoms with E-state index >= 15 is 0 Å². The highest BCUT2D eigenvalue weighted by molar-refractivity contribution is 7.15. The number of halogens is 1. The molecule has 3 aromatic rings. The molecule has 9 heteroatoms. The van der Waals surface area contributed by atoms with Gasteiger partial charge in [0.1, 0.15) is 16.8 Å². The topological polar surface area (TPSA) is 102 Å². The van der Waals surface area contributed by atoms with Crippen molar-refractivity contribution in [3.63, 3.8) is 0 Å². The Labute approximate surface area is 154 Å². The molecule has 0 saturated carbocycles. The van der Waals surface area contributed by atoms with E-state index in [4.69, 9.17) is 10.5 Å². The van der Waals surface area contributed by atoms with E-state index in [0.717, 1.165) is 55.0 Å². The SMILES string of the molecule is Cl.Nc1nc(-c2cc3c(s2)C2(CCNCC2)OCC3)c2[nH]cnc2n1. The number of nitrogens with one attached hydrogen (secondary N) is 2. The molecule has 1 spiro atoms. The van der Waals surface area contributed by atoms with Crippen molar-refractivity contribution >= 4 is 40.9 Å². The lowest BCUT2D eigenvalue weighted by molar-refractivity contribution is -0.0771. The molecule has 0 atom stereocenters. The second-order valence-electron chi connectivity index (χ2n) is 6.34. The Morgan fingerprint density at radius 1 is 1.24 bits per heavy atom. The summed E-state index contributed by atoms with van der Waals surface area (Å²) in [5.41, 5.74) is 9.40. The normalized spacial score (nSPS) is 18.9. The molecule has 1 fully saturated rings. The van der Waals surface area contributed by atoms with E-state index < -0.39 is 0 Å². The average Bonchev–Trinajstić information content (AvgIpc) is 3.22. The number of ether oxygens (including phenoxy) is 1. The van der Waals surface area contributed by atoms with Crippen molar-refractivity contribution in [3.8, 4) is 10.6 Å². The van der Waals surface area contributed by atoms with Crippen LogP contribution in [0.4, 0.5) is 5.95 Å². The zero-order valence-electron chi connectivity index (χ0n) is 13.5. The number of nitrogen functional groups attached to an aromatic ring is 1. The summed E-state index contributed by atoms with van der Waals surface area (Å²) in [6, 6.07) is 2.24. The summed E-state index contributed by atoms with van der Waals surface area (Å²) in [6.07, 6.45) is 4.62. The molecule has 4 N–H and O–H groups in total. The van der Waals surface area contributed by atoms with Gasteiger partial charge in [-0.25, -0.2) is 9.97 Å². The van der Waals surface area contributed by atoms with Crippen LogP contribution < -0.4 is 11.1 Å². The van der Waals surface area contributed by atoms with Gasteiger partial charge < -0.3 is 20.8 Å². The Morgan fingerprint density at radius 3 is 2.92 bits per heavy atom. The van der Waals surface area contributed by atoms with E-state index in [1.54, 1.807) is 17.7 Å². The number of piperidine rings is 1. The van der Waals surface area contributed by atoms with Crippen molar-refractivity contribution in [2.75, 3.05) is 25.4 Å². The van der Waals surface area contributed by atoms with Gasteiger partial charge in [-0.2, -0.15) is 4.98 Å². The maximum Gasteiger partial charge on any atom is 0.222 e. The first-order chi connectivity index (χ1) is 11.8. The van der Waals surface area contributed by atoms with E-state index in [-0.39, 0.29) is 24.0 Å². The number of anilines is 1. The van der Waals surface area contributed by atoms with Crippen LogP contribution in [0.15, 0.2) is 12.4 Å². The van der Waals surface area contributed by atoms with Gasteiger partial charge in [-0.05, 0) is 44.0 Å². The molecule has 2 aliphatic heterocycles. The van der Waals surface area contributed by atoms with Gasteiger partial charge in [-0.3, -0.25) is 0 Å². The fourth-order valence-electron chi connectivity index (χ4n) is 3.77. The number of rotatable bonds is 1. The third-order valence-corrected chi connectivity index (χ3v) is 6.29. The second kappa shape index (κ2) is 6.21. The van der Waals surface area contributed by atoms with Gasteiger partial charge in [0, 0.05) is 4.88 Å². The molecule has 0 bridgehead atoms. The molecule has 0 aliphatic carbocycles. The molecule has 5 heterocycles. The Kier molecular flexibility index (Phi) is 4.15. The van der Waals surface area contributed by atoms with Gasteiger partial charge in [0.05, 0.1) is 17.8 Å². The summed E-state index contributed by atoms with van der Waals surface area (Å²) < 4.78 is 6.27. The molecule has 7 nitrogen and oxygen atoms in total. The van der Waals surface area contributed by atoms with Crippen molar-refractivity contribution in [1.82, 2.24) is 25.3 Å². The van der Waals surface area contributed by atoms with E-state index in [1.165, 1.54) is 10.4 Å². The number of imidazole rings is 1. The smallest absolute Gasteiger partial charge is 0.222 e.